The summed E-state index contributed by atoms with van der Waals surface area (Å²) in [6, 6.07) is 8.85. The Morgan fingerprint density at radius 3 is 2.46 bits per heavy atom. The molecule has 3 heterocycles. The van der Waals surface area contributed by atoms with Gasteiger partial charge in [0.1, 0.15) is 28.5 Å². The molecular weight excluding hydrogens is 496 g/mol. The first-order chi connectivity index (χ1) is 17.5. The smallest absolute Gasteiger partial charge is 0.433 e. The molecule has 2 aromatic heterocycles. The third-order valence-electron chi connectivity index (χ3n) is 5.82. The van der Waals surface area contributed by atoms with E-state index in [1.54, 1.807) is 0 Å². The number of nitrogen functional groups attached to an aromatic ring is 1. The predicted octanol–water partition coefficient (Wildman–Crippen LogP) is 4.08. The molecular formula is C24H22F4N6O3. The zero-order valence-electron chi connectivity index (χ0n) is 19.3. The topological polar surface area (TPSA) is 129 Å². The molecule has 0 bridgehead atoms. The molecule has 0 radical (unpaired) electrons. The van der Waals surface area contributed by atoms with E-state index in [1.165, 1.54) is 46.0 Å². The average Bonchev–Trinajstić information content (AvgIpc) is 3.21. The van der Waals surface area contributed by atoms with Gasteiger partial charge in [0.2, 0.25) is 5.88 Å². The fourth-order valence-electron chi connectivity index (χ4n) is 4.11. The molecule has 1 aromatic carbocycles. The van der Waals surface area contributed by atoms with Crippen LogP contribution in [-0.2, 0) is 11.0 Å². The van der Waals surface area contributed by atoms with Gasteiger partial charge in [-0.05, 0) is 43.2 Å². The van der Waals surface area contributed by atoms with Crippen molar-refractivity contribution in [1.82, 2.24) is 19.7 Å². The molecule has 2 amide bonds. The van der Waals surface area contributed by atoms with Crippen molar-refractivity contribution in [1.29, 1.82) is 0 Å². The molecule has 1 fully saturated rings. The van der Waals surface area contributed by atoms with Crippen LogP contribution >= 0.6 is 0 Å². The summed E-state index contributed by atoms with van der Waals surface area (Å²) in [5.41, 5.74) is 11.3. The van der Waals surface area contributed by atoms with Crippen LogP contribution in [0.5, 0.6) is 11.6 Å². The Kier molecular flexibility index (Phi) is 6.88. The average molecular weight is 518 g/mol. The molecule has 37 heavy (non-hydrogen) atoms. The lowest BCUT2D eigenvalue weighted by molar-refractivity contribution is -0.141. The standard InChI is InChI=1S/C24H22F4N6O3/c1-13(25)23(36)33-11-3-4-15(12-33)34-21(29)19(22(30)35)20(32-34)14-7-9-16(10-8-14)37-18-6-2-5-17(31-18)24(26,27)28/h2,5-10,15H,1,3-4,11-12,29H2,(H2,30,35)/t15-/m1/s1. The summed E-state index contributed by atoms with van der Waals surface area (Å²) in [6.07, 6.45) is -3.49. The van der Waals surface area contributed by atoms with Crippen LogP contribution in [0.3, 0.4) is 0 Å². The van der Waals surface area contributed by atoms with Gasteiger partial charge in [0.15, 0.2) is 5.83 Å². The Morgan fingerprint density at radius 1 is 1.14 bits per heavy atom. The van der Waals surface area contributed by atoms with Crippen molar-refractivity contribution < 1.29 is 31.9 Å². The molecule has 0 unspecified atom stereocenters. The van der Waals surface area contributed by atoms with Crippen molar-refractivity contribution in [2.24, 2.45) is 5.73 Å². The maximum atomic E-state index is 13.4. The highest BCUT2D eigenvalue weighted by Crippen LogP contribution is 2.34. The predicted molar refractivity (Wildman–Crippen MR) is 125 cm³/mol. The van der Waals surface area contributed by atoms with Gasteiger partial charge in [-0.25, -0.2) is 14.1 Å². The minimum absolute atomic E-state index is 0.00522. The van der Waals surface area contributed by atoms with E-state index in [0.717, 1.165) is 6.07 Å². The number of piperidine rings is 1. The number of halogens is 4. The lowest BCUT2D eigenvalue weighted by Crippen LogP contribution is -2.41. The summed E-state index contributed by atoms with van der Waals surface area (Å²) in [5.74, 6) is -2.79. The monoisotopic (exact) mass is 518 g/mol. The van der Waals surface area contributed by atoms with Gasteiger partial charge in [0.25, 0.3) is 11.8 Å². The molecule has 0 spiro atoms. The van der Waals surface area contributed by atoms with Crippen molar-refractivity contribution in [2.45, 2.75) is 25.1 Å². The number of anilines is 1. The molecule has 4 N–H and O–H groups in total. The molecule has 13 heteroatoms. The Labute approximate surface area is 208 Å². The summed E-state index contributed by atoms with van der Waals surface area (Å²) in [5, 5.41) is 4.47. The van der Waals surface area contributed by atoms with Gasteiger partial charge in [-0.2, -0.15) is 18.3 Å². The number of carbonyl (C=O) groups excluding carboxylic acids is 2. The summed E-state index contributed by atoms with van der Waals surface area (Å²) in [7, 11) is 0. The number of nitrogens with two attached hydrogens (primary N) is 2. The van der Waals surface area contributed by atoms with Crippen molar-refractivity contribution in [3.63, 3.8) is 0 Å². The molecule has 0 aliphatic carbocycles. The fourth-order valence-corrected chi connectivity index (χ4v) is 4.11. The number of likely N-dealkylation sites (tertiary alicyclic amines) is 1. The lowest BCUT2D eigenvalue weighted by Gasteiger charge is -2.32. The second-order valence-electron chi connectivity index (χ2n) is 8.36. The quantitative estimate of drug-likeness (QED) is 0.374. The van der Waals surface area contributed by atoms with E-state index in [9.17, 15) is 27.2 Å². The number of ether oxygens (including phenoxy) is 1. The van der Waals surface area contributed by atoms with Gasteiger partial charge in [-0.3, -0.25) is 9.59 Å². The summed E-state index contributed by atoms with van der Waals surface area (Å²) in [4.78, 5) is 29.0. The highest BCUT2D eigenvalue weighted by Gasteiger charge is 2.33. The maximum absolute atomic E-state index is 13.4. The molecule has 0 saturated carbocycles. The highest BCUT2D eigenvalue weighted by atomic mass is 19.4. The first-order valence-corrected chi connectivity index (χ1v) is 11.1. The number of aromatic nitrogens is 3. The van der Waals surface area contributed by atoms with Crippen LogP contribution in [0.15, 0.2) is 54.9 Å². The Balaban J connectivity index is 1.60. The first-order valence-electron chi connectivity index (χ1n) is 11.1. The molecule has 3 aromatic rings. The van der Waals surface area contributed by atoms with Gasteiger partial charge in [0.05, 0.1) is 6.04 Å². The summed E-state index contributed by atoms with van der Waals surface area (Å²) >= 11 is 0. The van der Waals surface area contributed by atoms with Gasteiger partial charge < -0.3 is 21.1 Å². The van der Waals surface area contributed by atoms with Crippen LogP contribution in [0.1, 0.15) is 34.9 Å². The molecule has 9 nitrogen and oxygen atoms in total. The minimum atomic E-state index is -4.62. The van der Waals surface area contributed by atoms with E-state index >= 15 is 0 Å². The number of nitrogens with zero attached hydrogens (tertiary/aromatic N) is 4. The number of amides is 2. The van der Waals surface area contributed by atoms with Crippen LogP contribution in [0.2, 0.25) is 0 Å². The highest BCUT2D eigenvalue weighted by molar-refractivity contribution is 6.03. The van der Waals surface area contributed by atoms with E-state index in [4.69, 9.17) is 16.2 Å². The molecule has 1 aliphatic rings. The molecule has 1 saturated heterocycles. The van der Waals surface area contributed by atoms with E-state index < -0.39 is 35.6 Å². The number of carbonyl (C=O) groups is 2. The van der Waals surface area contributed by atoms with Crippen LogP contribution in [0, 0.1) is 0 Å². The van der Waals surface area contributed by atoms with Gasteiger partial charge in [-0.1, -0.05) is 12.6 Å². The number of pyridine rings is 1. The van der Waals surface area contributed by atoms with E-state index in [0.29, 0.717) is 24.9 Å². The molecule has 4 rings (SSSR count). The van der Waals surface area contributed by atoms with Crippen molar-refractivity contribution in [3.05, 3.63) is 66.1 Å². The second-order valence-corrected chi connectivity index (χ2v) is 8.36. The number of benzene rings is 1. The Hall–Kier alpha value is -4.42. The third-order valence-corrected chi connectivity index (χ3v) is 5.82. The van der Waals surface area contributed by atoms with E-state index in [1.807, 2.05) is 0 Å². The van der Waals surface area contributed by atoms with Crippen LogP contribution in [0.25, 0.3) is 11.3 Å². The van der Waals surface area contributed by atoms with Crippen molar-refractivity contribution >= 4 is 17.6 Å². The molecule has 1 atom stereocenters. The third kappa shape index (κ3) is 5.39. The van der Waals surface area contributed by atoms with Gasteiger partial charge in [-0.15, -0.1) is 0 Å². The number of alkyl halides is 3. The zero-order valence-corrected chi connectivity index (χ0v) is 19.3. The lowest BCUT2D eigenvalue weighted by atomic mass is 10.1. The fraction of sp³-hybridized carbons (Fsp3) is 0.250. The van der Waals surface area contributed by atoms with E-state index in [2.05, 4.69) is 16.7 Å². The normalized spacial score (nSPS) is 15.9. The van der Waals surface area contributed by atoms with E-state index in [-0.39, 0.29) is 35.2 Å². The number of primary amides is 1. The van der Waals surface area contributed by atoms with Crippen LogP contribution < -0.4 is 16.2 Å². The summed E-state index contributed by atoms with van der Waals surface area (Å²) in [6.45, 7) is 3.50. The zero-order chi connectivity index (χ0) is 26.9. The Morgan fingerprint density at radius 2 is 1.84 bits per heavy atom. The van der Waals surface area contributed by atoms with Crippen molar-refractivity contribution in [2.75, 3.05) is 18.8 Å². The first kappa shape index (κ1) is 25.7. The van der Waals surface area contributed by atoms with Gasteiger partial charge in [0, 0.05) is 24.7 Å². The number of hydrogen-bond acceptors (Lipinski definition) is 6. The van der Waals surface area contributed by atoms with Gasteiger partial charge >= 0.3 is 6.18 Å². The van der Waals surface area contributed by atoms with Crippen LogP contribution in [-0.4, -0.2) is 44.6 Å². The largest absolute Gasteiger partial charge is 0.439 e. The second kappa shape index (κ2) is 9.91. The summed E-state index contributed by atoms with van der Waals surface area (Å²) < 4.78 is 58.9. The maximum Gasteiger partial charge on any atom is 0.433 e. The number of rotatable bonds is 6. The Bertz CT molecular complexity index is 1350. The SMILES string of the molecule is C=C(F)C(=O)N1CCC[C@@H](n2nc(-c3ccc(Oc4cccc(C(F)(F)F)n4)cc3)c(C(N)=O)c2N)C1. The van der Waals surface area contributed by atoms with Crippen LogP contribution in [0.4, 0.5) is 23.4 Å². The minimum Gasteiger partial charge on any atom is -0.439 e. The van der Waals surface area contributed by atoms with Crippen molar-refractivity contribution in [3.8, 4) is 22.9 Å². The molecule has 194 valence electrons. The number of hydrogen-bond donors (Lipinski definition) is 2. The molecule has 1 aliphatic heterocycles.